The molecule has 0 spiro atoms. The Morgan fingerprint density at radius 1 is 1.38 bits per heavy atom. The highest BCUT2D eigenvalue weighted by Gasteiger charge is 2.20. The molecule has 1 aliphatic heterocycles. The molecule has 7 nitrogen and oxygen atoms in total. The van der Waals surface area contributed by atoms with Crippen LogP contribution >= 0.6 is 0 Å². The van der Waals surface area contributed by atoms with Gasteiger partial charge in [0.05, 0.1) is 11.5 Å². The summed E-state index contributed by atoms with van der Waals surface area (Å²) in [6.07, 6.45) is 2.21. The molecule has 1 aromatic carbocycles. The summed E-state index contributed by atoms with van der Waals surface area (Å²) in [5, 5.41) is 17.7. The number of hydrogen-bond acceptors (Lipinski definition) is 4. The third-order valence-corrected chi connectivity index (χ3v) is 4.44. The van der Waals surface area contributed by atoms with Gasteiger partial charge in [-0.2, -0.15) is 0 Å². The van der Waals surface area contributed by atoms with Gasteiger partial charge in [-0.3, -0.25) is 10.1 Å². The van der Waals surface area contributed by atoms with E-state index in [1.165, 1.54) is 6.07 Å². The smallest absolute Gasteiger partial charge is 0.269 e. The predicted molar refractivity (Wildman–Crippen MR) is 105 cm³/mol. The van der Waals surface area contributed by atoms with Crippen molar-refractivity contribution in [2.45, 2.75) is 46.2 Å². The summed E-state index contributed by atoms with van der Waals surface area (Å²) in [5.41, 5.74) is 0.941. The fraction of sp³-hybridized carbons (Fsp3) is 0.632. The van der Waals surface area contributed by atoms with E-state index in [2.05, 4.69) is 34.4 Å². The fourth-order valence-corrected chi connectivity index (χ4v) is 3.23. The van der Waals surface area contributed by atoms with Gasteiger partial charge in [-0.15, -0.1) is 0 Å². The van der Waals surface area contributed by atoms with Crippen molar-refractivity contribution in [1.29, 1.82) is 0 Å². The summed E-state index contributed by atoms with van der Waals surface area (Å²) >= 11 is 0. The molecule has 0 aromatic heterocycles. The predicted octanol–water partition coefficient (Wildman–Crippen LogP) is 2.77. The number of benzene rings is 1. The molecule has 0 atom stereocenters. The molecule has 7 heteroatoms. The van der Waals surface area contributed by atoms with Crippen LogP contribution in [0.1, 0.15) is 39.2 Å². The molecule has 0 saturated carbocycles. The van der Waals surface area contributed by atoms with Crippen LogP contribution in [0.3, 0.4) is 0 Å². The highest BCUT2D eigenvalue weighted by Crippen LogP contribution is 2.14. The second-order valence-electron chi connectivity index (χ2n) is 7.24. The van der Waals surface area contributed by atoms with E-state index < -0.39 is 0 Å². The second-order valence-corrected chi connectivity index (χ2v) is 7.24. The number of rotatable bonds is 7. The number of likely N-dealkylation sites (tertiary alicyclic amines) is 1. The normalized spacial score (nSPS) is 16.7. The number of nitro benzene ring substituents is 1. The van der Waals surface area contributed by atoms with E-state index in [4.69, 9.17) is 0 Å². The lowest BCUT2D eigenvalue weighted by Gasteiger charge is -2.34. The van der Waals surface area contributed by atoms with Gasteiger partial charge < -0.3 is 15.5 Å². The number of nitrogens with one attached hydrogen (secondary N) is 2. The molecule has 2 N–H and O–H groups in total. The van der Waals surface area contributed by atoms with E-state index in [0.29, 0.717) is 18.5 Å². The number of piperidine rings is 1. The lowest BCUT2D eigenvalue weighted by Crippen LogP contribution is -2.49. The van der Waals surface area contributed by atoms with Crippen LogP contribution in [0.15, 0.2) is 29.3 Å². The molecule has 0 amide bonds. The van der Waals surface area contributed by atoms with Crippen LogP contribution in [0.4, 0.5) is 5.69 Å². The van der Waals surface area contributed by atoms with Gasteiger partial charge in [-0.05, 0) is 31.2 Å². The molecule has 1 aliphatic rings. The molecule has 0 aliphatic carbocycles. The highest BCUT2D eigenvalue weighted by atomic mass is 16.6. The van der Waals surface area contributed by atoms with Gasteiger partial charge in [0.1, 0.15) is 0 Å². The van der Waals surface area contributed by atoms with Gasteiger partial charge in [0.25, 0.3) is 5.69 Å². The molecule has 1 saturated heterocycles. The first-order chi connectivity index (χ1) is 12.5. The Labute approximate surface area is 156 Å². The molecule has 0 radical (unpaired) electrons. The number of guanidine groups is 1. The summed E-state index contributed by atoms with van der Waals surface area (Å²) in [5.74, 6) is 1.48. The Morgan fingerprint density at radius 2 is 2.12 bits per heavy atom. The first-order valence-corrected chi connectivity index (χ1v) is 9.48. The van der Waals surface area contributed by atoms with Gasteiger partial charge in [0, 0.05) is 44.4 Å². The van der Waals surface area contributed by atoms with Gasteiger partial charge in [0.15, 0.2) is 5.96 Å². The van der Waals surface area contributed by atoms with Gasteiger partial charge >= 0.3 is 0 Å². The highest BCUT2D eigenvalue weighted by molar-refractivity contribution is 5.80. The quantitative estimate of drug-likeness (QED) is 0.338. The molecule has 144 valence electrons. The molecular weight excluding hydrogens is 330 g/mol. The minimum absolute atomic E-state index is 0.105. The zero-order valence-corrected chi connectivity index (χ0v) is 16.1. The van der Waals surface area contributed by atoms with E-state index in [0.717, 1.165) is 50.5 Å². The molecule has 1 aromatic rings. The van der Waals surface area contributed by atoms with E-state index in [1.54, 1.807) is 12.1 Å². The summed E-state index contributed by atoms with van der Waals surface area (Å²) in [6.45, 7) is 11.1. The number of nitro groups is 1. The summed E-state index contributed by atoms with van der Waals surface area (Å²) < 4.78 is 0. The van der Waals surface area contributed by atoms with Gasteiger partial charge in [0.2, 0.25) is 0 Å². The zero-order chi connectivity index (χ0) is 18.9. The Hall–Kier alpha value is -2.15. The average Bonchev–Trinajstić information content (AvgIpc) is 2.61. The van der Waals surface area contributed by atoms with Gasteiger partial charge in [-0.25, -0.2) is 4.99 Å². The summed E-state index contributed by atoms with van der Waals surface area (Å²) in [6, 6.07) is 7.07. The van der Waals surface area contributed by atoms with Crippen LogP contribution in [0.5, 0.6) is 0 Å². The third-order valence-electron chi connectivity index (χ3n) is 4.44. The van der Waals surface area contributed by atoms with Crippen LogP contribution in [0.2, 0.25) is 0 Å². The van der Waals surface area contributed by atoms with Gasteiger partial charge in [-0.1, -0.05) is 26.0 Å². The summed E-state index contributed by atoms with van der Waals surface area (Å²) in [7, 11) is 0. The minimum atomic E-state index is -0.373. The number of nitrogens with zero attached hydrogens (tertiary/aromatic N) is 3. The molecular formula is C19H31N5O2. The maximum Gasteiger partial charge on any atom is 0.269 e. The van der Waals surface area contributed by atoms with E-state index in [9.17, 15) is 10.1 Å². The monoisotopic (exact) mass is 361 g/mol. The van der Waals surface area contributed by atoms with Crippen LogP contribution in [0.25, 0.3) is 0 Å². The number of aliphatic imine (C=N–C) groups is 1. The van der Waals surface area contributed by atoms with Crippen LogP contribution < -0.4 is 10.6 Å². The third kappa shape index (κ3) is 6.63. The molecule has 1 heterocycles. The molecule has 0 unspecified atom stereocenters. The first-order valence-electron chi connectivity index (χ1n) is 9.48. The molecule has 26 heavy (non-hydrogen) atoms. The van der Waals surface area contributed by atoms with Crippen LogP contribution in [0, 0.1) is 16.0 Å². The number of non-ortho nitro benzene ring substituents is 1. The van der Waals surface area contributed by atoms with Crippen LogP contribution in [-0.4, -0.2) is 48.0 Å². The second kappa shape index (κ2) is 10.1. The van der Waals surface area contributed by atoms with Crippen LogP contribution in [-0.2, 0) is 6.54 Å². The Bertz CT molecular complexity index is 610. The summed E-state index contributed by atoms with van der Waals surface area (Å²) in [4.78, 5) is 17.6. The van der Waals surface area contributed by atoms with Crippen molar-refractivity contribution in [3.8, 4) is 0 Å². The SMILES string of the molecule is CCNC(=NCc1cccc([N+](=O)[O-])c1)NC1CCN(CC(C)C)CC1. The van der Waals surface area contributed by atoms with E-state index in [1.807, 2.05) is 13.0 Å². The van der Waals surface area contributed by atoms with Crippen molar-refractivity contribution in [2.75, 3.05) is 26.2 Å². The Kier molecular flexibility index (Phi) is 7.84. The van der Waals surface area contributed by atoms with E-state index >= 15 is 0 Å². The lowest BCUT2D eigenvalue weighted by atomic mass is 10.0. The minimum Gasteiger partial charge on any atom is -0.357 e. The first kappa shape index (κ1) is 20.2. The van der Waals surface area contributed by atoms with Crippen molar-refractivity contribution in [3.05, 3.63) is 39.9 Å². The van der Waals surface area contributed by atoms with Crippen molar-refractivity contribution in [2.24, 2.45) is 10.9 Å². The molecule has 2 rings (SSSR count). The zero-order valence-electron chi connectivity index (χ0n) is 16.1. The maximum atomic E-state index is 10.9. The number of hydrogen-bond donors (Lipinski definition) is 2. The maximum absolute atomic E-state index is 10.9. The average molecular weight is 361 g/mol. The Morgan fingerprint density at radius 3 is 2.73 bits per heavy atom. The van der Waals surface area contributed by atoms with E-state index in [-0.39, 0.29) is 10.6 Å². The van der Waals surface area contributed by atoms with Crippen molar-refractivity contribution >= 4 is 11.6 Å². The Balaban J connectivity index is 1.91. The van der Waals surface area contributed by atoms with Crippen molar-refractivity contribution < 1.29 is 4.92 Å². The van der Waals surface area contributed by atoms with Crippen molar-refractivity contribution in [1.82, 2.24) is 15.5 Å². The molecule has 1 fully saturated rings. The topological polar surface area (TPSA) is 82.8 Å². The molecule has 0 bridgehead atoms. The lowest BCUT2D eigenvalue weighted by molar-refractivity contribution is -0.384. The fourth-order valence-electron chi connectivity index (χ4n) is 3.23. The van der Waals surface area contributed by atoms with Crippen molar-refractivity contribution in [3.63, 3.8) is 0 Å². The standard InChI is InChI=1S/C19H31N5O2/c1-4-20-19(21-13-16-6-5-7-18(12-16)24(25)26)22-17-8-10-23(11-9-17)14-15(2)3/h5-7,12,15,17H,4,8-11,13-14H2,1-3H3,(H2,20,21,22). The largest absolute Gasteiger partial charge is 0.357 e.